The zero-order chi connectivity index (χ0) is 19.1. The predicted octanol–water partition coefficient (Wildman–Crippen LogP) is 3.57. The van der Waals surface area contributed by atoms with E-state index in [0.29, 0.717) is 24.9 Å². The summed E-state index contributed by atoms with van der Waals surface area (Å²) in [6.07, 6.45) is 6.34. The van der Waals surface area contributed by atoms with Crippen LogP contribution in [-0.2, 0) is 13.0 Å². The van der Waals surface area contributed by atoms with Crippen molar-refractivity contribution in [3.8, 4) is 18.1 Å². The maximum Gasteiger partial charge on any atom is 0.120 e. The van der Waals surface area contributed by atoms with E-state index in [1.54, 1.807) is 6.07 Å². The first kappa shape index (κ1) is 19.7. The normalized spacial score (nSPS) is 11.8. The monoisotopic (exact) mass is 351 g/mol. The number of hydrogen-bond donors (Lipinski definition) is 2. The first-order chi connectivity index (χ1) is 12.4. The molecule has 138 valence electrons. The molecule has 2 N–H and O–H groups in total. The summed E-state index contributed by atoms with van der Waals surface area (Å²) in [7, 11) is 6.03. The standard InChI is InChI=1S/C22H29N3O/c1-6-13-25(5)17(2)14-18-7-9-20(10-8-18)23-16-19-15-21(24(3)4)11-12-22(19)26/h1,7-12,15,17,23,26H,13-14,16H2,2-5H3/t17-/m1/s1. The summed E-state index contributed by atoms with van der Waals surface area (Å²) in [5.74, 6) is 2.99. The van der Waals surface area contributed by atoms with Crippen molar-refractivity contribution >= 4 is 11.4 Å². The summed E-state index contributed by atoms with van der Waals surface area (Å²) in [6, 6.07) is 14.5. The number of anilines is 2. The molecule has 0 saturated heterocycles. The molecule has 0 radical (unpaired) electrons. The third-order valence-corrected chi connectivity index (χ3v) is 4.64. The molecular weight excluding hydrogens is 322 g/mol. The summed E-state index contributed by atoms with van der Waals surface area (Å²) >= 11 is 0. The van der Waals surface area contributed by atoms with Gasteiger partial charge in [-0.15, -0.1) is 6.42 Å². The van der Waals surface area contributed by atoms with Gasteiger partial charge in [0.2, 0.25) is 0 Å². The molecule has 1 atom stereocenters. The van der Waals surface area contributed by atoms with Gasteiger partial charge in [-0.1, -0.05) is 18.1 Å². The molecule has 0 bridgehead atoms. The lowest BCUT2D eigenvalue weighted by Crippen LogP contribution is -2.31. The molecule has 4 nitrogen and oxygen atoms in total. The van der Waals surface area contributed by atoms with Gasteiger partial charge in [0.15, 0.2) is 0 Å². The number of rotatable bonds is 8. The zero-order valence-electron chi connectivity index (χ0n) is 16.2. The SMILES string of the molecule is C#CCN(C)[C@H](C)Cc1ccc(NCc2cc(N(C)C)ccc2O)cc1. The smallest absolute Gasteiger partial charge is 0.120 e. The number of nitrogens with one attached hydrogen (secondary N) is 1. The van der Waals surface area contributed by atoms with E-state index in [0.717, 1.165) is 23.4 Å². The van der Waals surface area contributed by atoms with Gasteiger partial charge >= 0.3 is 0 Å². The van der Waals surface area contributed by atoms with Crippen LogP contribution in [-0.4, -0.2) is 43.7 Å². The Bertz CT molecular complexity index is 747. The first-order valence-electron chi connectivity index (χ1n) is 8.86. The fraction of sp³-hybridized carbons (Fsp3) is 0.364. The van der Waals surface area contributed by atoms with Crippen molar-refractivity contribution in [2.45, 2.75) is 25.9 Å². The van der Waals surface area contributed by atoms with E-state index in [1.807, 2.05) is 31.1 Å². The minimum absolute atomic E-state index is 0.310. The lowest BCUT2D eigenvalue weighted by atomic mass is 10.1. The van der Waals surface area contributed by atoms with Crippen LogP contribution in [0, 0.1) is 12.3 Å². The van der Waals surface area contributed by atoms with E-state index in [-0.39, 0.29) is 0 Å². The highest BCUT2D eigenvalue weighted by Crippen LogP contribution is 2.24. The van der Waals surface area contributed by atoms with Crippen LogP contribution in [0.2, 0.25) is 0 Å². The molecule has 0 aliphatic carbocycles. The number of aromatic hydroxyl groups is 1. The van der Waals surface area contributed by atoms with Crippen LogP contribution < -0.4 is 10.2 Å². The Morgan fingerprint density at radius 3 is 2.42 bits per heavy atom. The van der Waals surface area contributed by atoms with Gasteiger partial charge in [0, 0.05) is 43.6 Å². The molecule has 2 rings (SSSR count). The van der Waals surface area contributed by atoms with Gasteiger partial charge in [-0.2, -0.15) is 0 Å². The lowest BCUT2D eigenvalue weighted by Gasteiger charge is -2.22. The van der Waals surface area contributed by atoms with Crippen molar-refractivity contribution in [3.63, 3.8) is 0 Å². The van der Waals surface area contributed by atoms with E-state index in [9.17, 15) is 5.11 Å². The van der Waals surface area contributed by atoms with Crippen LogP contribution in [0.15, 0.2) is 42.5 Å². The Balaban J connectivity index is 1.96. The Morgan fingerprint density at radius 1 is 1.12 bits per heavy atom. The second-order valence-electron chi connectivity index (χ2n) is 6.93. The Kier molecular flexibility index (Phi) is 6.94. The fourth-order valence-electron chi connectivity index (χ4n) is 2.74. The number of benzene rings is 2. The van der Waals surface area contributed by atoms with Gasteiger partial charge in [0.05, 0.1) is 6.54 Å². The van der Waals surface area contributed by atoms with Gasteiger partial charge in [-0.25, -0.2) is 0 Å². The first-order valence-corrected chi connectivity index (χ1v) is 8.86. The largest absolute Gasteiger partial charge is 0.508 e. The molecular formula is C22H29N3O. The minimum atomic E-state index is 0.310. The Labute approximate surface area is 157 Å². The average molecular weight is 351 g/mol. The van der Waals surface area contributed by atoms with Gasteiger partial charge in [-0.3, -0.25) is 4.90 Å². The lowest BCUT2D eigenvalue weighted by molar-refractivity contribution is 0.287. The second-order valence-corrected chi connectivity index (χ2v) is 6.93. The molecule has 0 heterocycles. The van der Waals surface area contributed by atoms with Crippen LogP contribution in [0.1, 0.15) is 18.1 Å². The Morgan fingerprint density at radius 2 is 1.81 bits per heavy atom. The topological polar surface area (TPSA) is 38.7 Å². The molecule has 0 amide bonds. The number of likely N-dealkylation sites (N-methyl/N-ethyl adjacent to an activating group) is 1. The molecule has 0 unspecified atom stereocenters. The second kappa shape index (κ2) is 9.17. The van der Waals surface area contributed by atoms with Crippen LogP contribution in [0.3, 0.4) is 0 Å². The molecule has 0 fully saturated rings. The van der Waals surface area contributed by atoms with Crippen molar-refractivity contribution < 1.29 is 5.11 Å². The van der Waals surface area contributed by atoms with Gasteiger partial charge in [0.25, 0.3) is 0 Å². The van der Waals surface area contributed by atoms with E-state index < -0.39 is 0 Å². The number of hydrogen-bond acceptors (Lipinski definition) is 4. The fourth-order valence-corrected chi connectivity index (χ4v) is 2.74. The molecule has 0 spiro atoms. The van der Waals surface area contributed by atoms with Crippen molar-refractivity contribution in [2.24, 2.45) is 0 Å². The summed E-state index contributed by atoms with van der Waals surface area (Å²) in [4.78, 5) is 4.20. The highest BCUT2D eigenvalue weighted by Gasteiger charge is 2.09. The Hall–Kier alpha value is -2.64. The van der Waals surface area contributed by atoms with Crippen molar-refractivity contribution in [1.29, 1.82) is 0 Å². The van der Waals surface area contributed by atoms with E-state index >= 15 is 0 Å². The summed E-state index contributed by atoms with van der Waals surface area (Å²) in [6.45, 7) is 3.43. The molecule has 0 saturated carbocycles. The summed E-state index contributed by atoms with van der Waals surface area (Å²) in [5.41, 5.74) is 4.27. The van der Waals surface area contributed by atoms with Crippen LogP contribution in [0.25, 0.3) is 0 Å². The van der Waals surface area contributed by atoms with Crippen LogP contribution in [0.4, 0.5) is 11.4 Å². The van der Waals surface area contributed by atoms with E-state index in [2.05, 4.69) is 54.4 Å². The molecule has 0 aromatic heterocycles. The highest BCUT2D eigenvalue weighted by molar-refractivity contribution is 5.53. The molecule has 2 aromatic rings. The number of phenols is 1. The van der Waals surface area contributed by atoms with Gasteiger partial charge in [-0.05, 0) is 56.3 Å². The molecule has 0 aliphatic rings. The van der Waals surface area contributed by atoms with Crippen molar-refractivity contribution in [2.75, 3.05) is 37.9 Å². The number of terminal acetylenes is 1. The van der Waals surface area contributed by atoms with E-state index in [4.69, 9.17) is 6.42 Å². The van der Waals surface area contributed by atoms with E-state index in [1.165, 1.54) is 5.56 Å². The third-order valence-electron chi connectivity index (χ3n) is 4.64. The molecule has 2 aromatic carbocycles. The number of phenolic OH excluding ortho intramolecular Hbond substituents is 1. The highest BCUT2D eigenvalue weighted by atomic mass is 16.3. The van der Waals surface area contributed by atoms with Crippen molar-refractivity contribution in [1.82, 2.24) is 4.90 Å². The molecule has 4 heteroatoms. The average Bonchev–Trinajstić information content (AvgIpc) is 2.62. The van der Waals surface area contributed by atoms with Gasteiger partial charge < -0.3 is 15.3 Å². The van der Waals surface area contributed by atoms with Crippen LogP contribution in [0.5, 0.6) is 5.75 Å². The van der Waals surface area contributed by atoms with Crippen LogP contribution >= 0.6 is 0 Å². The minimum Gasteiger partial charge on any atom is -0.508 e. The molecule has 26 heavy (non-hydrogen) atoms. The quantitative estimate of drug-likeness (QED) is 0.713. The predicted molar refractivity (Wildman–Crippen MR) is 111 cm³/mol. The third kappa shape index (κ3) is 5.44. The summed E-state index contributed by atoms with van der Waals surface area (Å²) in [5, 5.41) is 13.4. The molecule has 0 aliphatic heterocycles. The zero-order valence-corrected chi connectivity index (χ0v) is 16.2. The summed E-state index contributed by atoms with van der Waals surface area (Å²) < 4.78 is 0. The maximum absolute atomic E-state index is 10.1. The number of nitrogens with zero attached hydrogens (tertiary/aromatic N) is 2. The van der Waals surface area contributed by atoms with Crippen molar-refractivity contribution in [3.05, 3.63) is 53.6 Å². The maximum atomic E-state index is 10.1. The van der Waals surface area contributed by atoms with Gasteiger partial charge in [0.1, 0.15) is 5.75 Å².